The number of hydrogen-bond donors (Lipinski definition) is 1. The largest absolute Gasteiger partial charge is 0.320 e. The molecule has 0 saturated heterocycles. The first kappa shape index (κ1) is 14.7. The van der Waals surface area contributed by atoms with E-state index in [1.807, 2.05) is 0 Å². The quantitative estimate of drug-likeness (QED) is 0.656. The van der Waals surface area contributed by atoms with Crippen molar-refractivity contribution in [3.63, 3.8) is 0 Å². The summed E-state index contributed by atoms with van der Waals surface area (Å²) in [4.78, 5) is 0. The minimum absolute atomic E-state index is 0.405. The Morgan fingerprint density at radius 1 is 0.800 bits per heavy atom. The molecule has 0 amide bonds. The van der Waals surface area contributed by atoms with E-state index in [2.05, 4.69) is 0 Å². The highest BCUT2D eigenvalue weighted by atomic mass is 35.5. The highest BCUT2D eigenvalue weighted by Crippen LogP contribution is 2.30. The van der Waals surface area contributed by atoms with E-state index in [1.165, 1.54) is 0 Å². The summed E-state index contributed by atoms with van der Waals surface area (Å²) in [7, 11) is 0. The summed E-state index contributed by atoms with van der Waals surface area (Å²) in [5, 5.41) is -0.487. The Kier molecular flexibility index (Phi) is 3.96. The van der Waals surface area contributed by atoms with Gasteiger partial charge in [-0.25, -0.2) is 22.0 Å². The minimum atomic E-state index is -1.64. The summed E-state index contributed by atoms with van der Waals surface area (Å²) in [6.45, 7) is 0. The molecule has 0 aliphatic rings. The Balaban J connectivity index is 2.57. The Hall–Kier alpha value is -1.66. The first-order valence-corrected chi connectivity index (χ1v) is 5.73. The van der Waals surface area contributed by atoms with E-state index in [0.717, 1.165) is 0 Å². The third kappa shape index (κ3) is 2.62. The molecular formula is C13H7ClF5N. The van der Waals surface area contributed by atoms with Crippen LogP contribution in [0.5, 0.6) is 0 Å². The van der Waals surface area contributed by atoms with E-state index in [0.29, 0.717) is 24.3 Å². The van der Waals surface area contributed by atoms with Crippen molar-refractivity contribution in [2.24, 2.45) is 5.73 Å². The molecular weight excluding hydrogens is 301 g/mol. The van der Waals surface area contributed by atoms with Crippen LogP contribution in [0.25, 0.3) is 0 Å². The fourth-order valence-electron chi connectivity index (χ4n) is 1.78. The summed E-state index contributed by atoms with van der Waals surface area (Å²) in [5.41, 5.74) is 4.29. The van der Waals surface area contributed by atoms with E-state index in [4.69, 9.17) is 17.3 Å². The molecule has 0 spiro atoms. The average molecular weight is 308 g/mol. The SMILES string of the molecule is NC(c1cc(F)c(Cl)cc1F)c1c(F)cc(F)cc1F. The van der Waals surface area contributed by atoms with Gasteiger partial charge < -0.3 is 5.73 Å². The summed E-state index contributed by atoms with van der Waals surface area (Å²) in [5.74, 6) is -5.72. The number of hydrogen-bond acceptors (Lipinski definition) is 1. The van der Waals surface area contributed by atoms with Crippen LogP contribution in [0.3, 0.4) is 0 Å². The first-order chi connectivity index (χ1) is 9.31. The third-order valence-corrected chi connectivity index (χ3v) is 3.02. The number of benzene rings is 2. The van der Waals surface area contributed by atoms with Crippen molar-refractivity contribution in [1.82, 2.24) is 0 Å². The van der Waals surface area contributed by atoms with Gasteiger partial charge in [0.05, 0.1) is 11.1 Å². The van der Waals surface area contributed by atoms with Crippen LogP contribution in [-0.2, 0) is 0 Å². The molecule has 2 aromatic carbocycles. The van der Waals surface area contributed by atoms with Crippen LogP contribution in [0, 0.1) is 29.1 Å². The molecule has 2 N–H and O–H groups in total. The van der Waals surface area contributed by atoms with Crippen molar-refractivity contribution >= 4 is 11.6 Å². The second-order valence-electron chi connectivity index (χ2n) is 4.05. The van der Waals surface area contributed by atoms with Gasteiger partial charge in [0, 0.05) is 23.3 Å². The topological polar surface area (TPSA) is 26.0 Å². The zero-order valence-corrected chi connectivity index (χ0v) is 10.5. The van der Waals surface area contributed by atoms with Gasteiger partial charge in [0.15, 0.2) is 0 Å². The van der Waals surface area contributed by atoms with Crippen LogP contribution in [-0.4, -0.2) is 0 Å². The van der Waals surface area contributed by atoms with Crippen LogP contribution in [0.4, 0.5) is 22.0 Å². The molecule has 2 rings (SSSR count). The molecule has 0 aliphatic heterocycles. The molecule has 0 bridgehead atoms. The van der Waals surface area contributed by atoms with Gasteiger partial charge in [-0.1, -0.05) is 11.6 Å². The molecule has 0 fully saturated rings. The minimum Gasteiger partial charge on any atom is -0.320 e. The summed E-state index contributed by atoms with van der Waals surface area (Å²) in [6, 6.07) is 0.461. The zero-order valence-electron chi connectivity index (χ0n) is 9.73. The molecule has 0 heterocycles. The van der Waals surface area contributed by atoms with Gasteiger partial charge in [-0.3, -0.25) is 0 Å². The lowest BCUT2D eigenvalue weighted by atomic mass is 9.98. The number of rotatable bonds is 2. The predicted molar refractivity (Wildman–Crippen MR) is 63.7 cm³/mol. The van der Waals surface area contributed by atoms with Crippen molar-refractivity contribution < 1.29 is 22.0 Å². The van der Waals surface area contributed by atoms with Crippen LogP contribution < -0.4 is 5.73 Å². The number of halogens is 6. The van der Waals surface area contributed by atoms with Crippen LogP contribution in [0.15, 0.2) is 24.3 Å². The molecule has 0 aromatic heterocycles. The Morgan fingerprint density at radius 3 is 1.90 bits per heavy atom. The highest BCUT2D eigenvalue weighted by molar-refractivity contribution is 6.30. The van der Waals surface area contributed by atoms with Gasteiger partial charge in [-0.2, -0.15) is 0 Å². The van der Waals surface area contributed by atoms with E-state index in [9.17, 15) is 22.0 Å². The lowest BCUT2D eigenvalue weighted by Crippen LogP contribution is -2.18. The predicted octanol–water partition coefficient (Wildman–Crippen LogP) is 4.08. The molecule has 1 nitrogen and oxygen atoms in total. The van der Waals surface area contributed by atoms with Gasteiger partial charge in [-0.05, 0) is 12.1 Å². The van der Waals surface area contributed by atoms with Crippen molar-refractivity contribution in [3.05, 3.63) is 69.5 Å². The second-order valence-corrected chi connectivity index (χ2v) is 4.46. The van der Waals surface area contributed by atoms with Crippen molar-refractivity contribution in [1.29, 1.82) is 0 Å². The smallest absolute Gasteiger partial charge is 0.142 e. The Labute approximate surface area is 115 Å². The van der Waals surface area contributed by atoms with E-state index in [-0.39, 0.29) is 0 Å². The maximum absolute atomic E-state index is 13.7. The van der Waals surface area contributed by atoms with Crippen molar-refractivity contribution in [2.75, 3.05) is 0 Å². The lowest BCUT2D eigenvalue weighted by molar-refractivity contribution is 0.507. The molecule has 7 heteroatoms. The fraction of sp³-hybridized carbons (Fsp3) is 0.0769. The first-order valence-electron chi connectivity index (χ1n) is 5.35. The molecule has 2 aromatic rings. The Bertz CT molecular complexity index is 651. The standard InChI is InChI=1S/C13H7ClF5N/c14-7-4-8(16)6(3-9(7)17)13(20)12-10(18)1-5(15)2-11(12)19/h1-4,13H,20H2. The highest BCUT2D eigenvalue weighted by Gasteiger charge is 2.23. The summed E-state index contributed by atoms with van der Waals surface area (Å²) in [6.07, 6.45) is 0. The summed E-state index contributed by atoms with van der Waals surface area (Å²) < 4.78 is 66.9. The van der Waals surface area contributed by atoms with Crippen LogP contribution >= 0.6 is 11.6 Å². The number of nitrogens with two attached hydrogens (primary N) is 1. The van der Waals surface area contributed by atoms with Gasteiger partial charge in [0.1, 0.15) is 29.1 Å². The third-order valence-electron chi connectivity index (χ3n) is 2.73. The van der Waals surface area contributed by atoms with Crippen molar-refractivity contribution in [3.8, 4) is 0 Å². The lowest BCUT2D eigenvalue weighted by Gasteiger charge is -2.15. The van der Waals surface area contributed by atoms with E-state index < -0.39 is 51.3 Å². The molecule has 1 atom stereocenters. The van der Waals surface area contributed by atoms with Gasteiger partial charge in [0.25, 0.3) is 0 Å². The van der Waals surface area contributed by atoms with E-state index in [1.54, 1.807) is 0 Å². The van der Waals surface area contributed by atoms with Crippen LogP contribution in [0.1, 0.15) is 17.2 Å². The fourth-order valence-corrected chi connectivity index (χ4v) is 1.93. The maximum Gasteiger partial charge on any atom is 0.142 e. The molecule has 20 heavy (non-hydrogen) atoms. The second kappa shape index (κ2) is 5.38. The van der Waals surface area contributed by atoms with Gasteiger partial charge >= 0.3 is 0 Å². The summed E-state index contributed by atoms with van der Waals surface area (Å²) >= 11 is 5.37. The molecule has 0 radical (unpaired) electrons. The monoisotopic (exact) mass is 307 g/mol. The molecule has 106 valence electrons. The van der Waals surface area contributed by atoms with Crippen LogP contribution in [0.2, 0.25) is 5.02 Å². The maximum atomic E-state index is 13.7. The van der Waals surface area contributed by atoms with E-state index >= 15 is 0 Å². The van der Waals surface area contributed by atoms with Gasteiger partial charge in [-0.15, -0.1) is 0 Å². The molecule has 1 unspecified atom stereocenters. The van der Waals surface area contributed by atoms with Crippen molar-refractivity contribution in [2.45, 2.75) is 6.04 Å². The zero-order chi connectivity index (χ0) is 15.0. The van der Waals surface area contributed by atoms with Gasteiger partial charge in [0.2, 0.25) is 0 Å². The Morgan fingerprint density at radius 2 is 1.35 bits per heavy atom. The molecule has 0 aliphatic carbocycles. The average Bonchev–Trinajstić information content (AvgIpc) is 2.32. The molecule has 0 saturated carbocycles. The normalized spacial score (nSPS) is 12.6.